The first-order valence-corrected chi connectivity index (χ1v) is 11.5. The van der Waals surface area contributed by atoms with Gasteiger partial charge in [0.1, 0.15) is 16.5 Å². The van der Waals surface area contributed by atoms with Crippen LogP contribution in [0.4, 0.5) is 11.5 Å². The van der Waals surface area contributed by atoms with Gasteiger partial charge in [0.25, 0.3) is 0 Å². The number of rotatable bonds is 8. The fourth-order valence-electron chi connectivity index (χ4n) is 2.54. The van der Waals surface area contributed by atoms with Crippen molar-refractivity contribution in [1.29, 1.82) is 0 Å². The predicted molar refractivity (Wildman–Crippen MR) is 115 cm³/mol. The van der Waals surface area contributed by atoms with Gasteiger partial charge in [-0.3, -0.25) is 4.79 Å². The molecule has 2 aromatic carbocycles. The van der Waals surface area contributed by atoms with Gasteiger partial charge in [-0.2, -0.15) is 0 Å². The molecule has 1 heterocycles. The Morgan fingerprint density at radius 3 is 2.53 bits per heavy atom. The second kappa shape index (κ2) is 9.59. The van der Waals surface area contributed by atoms with Crippen LogP contribution in [0, 0.1) is 0 Å². The Labute approximate surface area is 178 Å². The third-order valence-corrected chi connectivity index (χ3v) is 6.54. The Morgan fingerprint density at radius 2 is 1.83 bits per heavy atom. The highest BCUT2D eigenvalue weighted by atomic mass is 32.2. The molecule has 10 heteroatoms. The molecule has 0 aliphatic heterocycles. The first-order chi connectivity index (χ1) is 14.4. The lowest BCUT2D eigenvalue weighted by Crippen LogP contribution is -2.15. The maximum Gasteiger partial charge on any atom is 0.234 e. The molecule has 0 radical (unpaired) electrons. The largest absolute Gasteiger partial charge is 0.492 e. The lowest BCUT2D eigenvalue weighted by atomic mass is 10.3. The molecule has 30 heavy (non-hydrogen) atoms. The van der Waals surface area contributed by atoms with Crippen molar-refractivity contribution >= 4 is 39.0 Å². The molecule has 0 spiro atoms. The Bertz CT molecular complexity index is 1140. The highest BCUT2D eigenvalue weighted by molar-refractivity contribution is 7.99. The summed E-state index contributed by atoms with van der Waals surface area (Å²) in [5.41, 5.74) is 6.43. The minimum Gasteiger partial charge on any atom is -0.492 e. The van der Waals surface area contributed by atoms with Crippen molar-refractivity contribution in [1.82, 2.24) is 9.97 Å². The van der Waals surface area contributed by atoms with Crippen molar-refractivity contribution in [2.75, 3.05) is 23.4 Å². The van der Waals surface area contributed by atoms with Gasteiger partial charge in [-0.25, -0.2) is 18.4 Å². The van der Waals surface area contributed by atoms with Gasteiger partial charge in [0.05, 0.1) is 29.1 Å². The zero-order valence-corrected chi connectivity index (χ0v) is 17.7. The zero-order chi connectivity index (χ0) is 21.6. The molecular weight excluding hydrogens is 424 g/mol. The molecule has 3 aromatic rings. The number of nitrogens with zero attached hydrogens (tertiary/aromatic N) is 2. The summed E-state index contributed by atoms with van der Waals surface area (Å²) in [6, 6.07) is 15.0. The van der Waals surface area contributed by atoms with Crippen molar-refractivity contribution < 1.29 is 17.9 Å². The summed E-state index contributed by atoms with van der Waals surface area (Å²) in [6.07, 6.45) is 1.16. The average Bonchev–Trinajstić information content (AvgIpc) is 2.74. The summed E-state index contributed by atoms with van der Waals surface area (Å²) in [5.74, 6) is 0.146. The van der Waals surface area contributed by atoms with Crippen LogP contribution in [0.1, 0.15) is 6.92 Å². The van der Waals surface area contributed by atoms with Crippen LogP contribution in [0.5, 0.6) is 5.75 Å². The van der Waals surface area contributed by atoms with Crippen LogP contribution < -0.4 is 15.8 Å². The Kier molecular flexibility index (Phi) is 6.91. The summed E-state index contributed by atoms with van der Waals surface area (Å²) in [4.78, 5) is 20.3. The number of hydrogen-bond acceptors (Lipinski definition) is 8. The number of benzene rings is 2. The summed E-state index contributed by atoms with van der Waals surface area (Å²) in [5, 5.41) is 2.97. The smallest absolute Gasteiger partial charge is 0.234 e. The van der Waals surface area contributed by atoms with E-state index in [4.69, 9.17) is 10.5 Å². The molecule has 156 valence electrons. The number of hydrogen-bond donors (Lipinski definition) is 2. The molecule has 0 unspecified atom stereocenters. The fraction of sp³-hybridized carbons (Fsp3) is 0.150. The van der Waals surface area contributed by atoms with E-state index in [1.807, 2.05) is 13.0 Å². The van der Waals surface area contributed by atoms with E-state index in [1.54, 1.807) is 36.4 Å². The molecule has 8 nitrogen and oxygen atoms in total. The number of aromatic nitrogens is 2. The van der Waals surface area contributed by atoms with E-state index in [0.717, 1.165) is 18.0 Å². The van der Waals surface area contributed by atoms with Crippen LogP contribution in [-0.4, -0.2) is 36.7 Å². The molecular formula is C20H20N4O4S2. The lowest BCUT2D eigenvalue weighted by Gasteiger charge is -2.11. The molecule has 0 aliphatic carbocycles. The quantitative estimate of drug-likeness (QED) is 0.401. The van der Waals surface area contributed by atoms with Crippen LogP contribution in [0.15, 0.2) is 75.7 Å². The van der Waals surface area contributed by atoms with Gasteiger partial charge in [0.15, 0.2) is 5.16 Å². The zero-order valence-electron chi connectivity index (χ0n) is 16.1. The molecule has 0 saturated heterocycles. The number of para-hydroxylation sites is 2. The molecule has 0 atom stereocenters. The standard InChI is InChI=1S/C20H20N4O4S2/c1-2-28-16-11-7-6-10-15(16)23-18(25)13-29-20-22-12-17(19(21)24-20)30(26,27)14-8-4-3-5-9-14/h3-12H,2,13H2,1H3,(H,23,25)(H2,21,22,24). The van der Waals surface area contributed by atoms with Crippen molar-refractivity contribution in [2.24, 2.45) is 0 Å². The van der Waals surface area contributed by atoms with Crippen molar-refractivity contribution in [3.63, 3.8) is 0 Å². The molecule has 0 fully saturated rings. The summed E-state index contributed by atoms with van der Waals surface area (Å²) >= 11 is 1.05. The number of thioether (sulfide) groups is 1. The molecule has 1 aromatic heterocycles. The van der Waals surface area contributed by atoms with Gasteiger partial charge in [0, 0.05) is 0 Å². The molecule has 0 aliphatic rings. The second-order valence-corrected chi connectivity index (χ2v) is 8.85. The molecule has 0 bridgehead atoms. The Balaban J connectivity index is 1.67. The summed E-state index contributed by atoms with van der Waals surface area (Å²) < 4.78 is 30.8. The van der Waals surface area contributed by atoms with Gasteiger partial charge in [-0.05, 0) is 31.2 Å². The molecule has 3 rings (SSSR count). The lowest BCUT2D eigenvalue weighted by molar-refractivity contribution is -0.113. The van der Waals surface area contributed by atoms with Crippen LogP contribution in [-0.2, 0) is 14.6 Å². The first-order valence-electron chi connectivity index (χ1n) is 8.99. The number of anilines is 2. The maximum absolute atomic E-state index is 12.7. The number of sulfone groups is 1. The van der Waals surface area contributed by atoms with Crippen LogP contribution in [0.25, 0.3) is 0 Å². The highest BCUT2D eigenvalue weighted by Gasteiger charge is 2.22. The summed E-state index contributed by atoms with van der Waals surface area (Å²) in [7, 11) is -3.82. The fourth-order valence-corrected chi connectivity index (χ4v) is 4.44. The van der Waals surface area contributed by atoms with E-state index in [9.17, 15) is 13.2 Å². The van der Waals surface area contributed by atoms with Gasteiger partial charge < -0.3 is 15.8 Å². The van der Waals surface area contributed by atoms with Crippen LogP contribution >= 0.6 is 11.8 Å². The minimum absolute atomic E-state index is 0.0185. The van der Waals surface area contributed by atoms with E-state index in [1.165, 1.54) is 12.1 Å². The summed E-state index contributed by atoms with van der Waals surface area (Å²) in [6.45, 7) is 2.34. The van der Waals surface area contributed by atoms with Crippen molar-refractivity contribution in [3.8, 4) is 5.75 Å². The van der Waals surface area contributed by atoms with Gasteiger partial charge in [-0.1, -0.05) is 42.1 Å². The van der Waals surface area contributed by atoms with Gasteiger partial charge >= 0.3 is 0 Å². The van der Waals surface area contributed by atoms with E-state index >= 15 is 0 Å². The third-order valence-electron chi connectivity index (χ3n) is 3.90. The van der Waals surface area contributed by atoms with Gasteiger partial charge in [0.2, 0.25) is 15.7 Å². The minimum atomic E-state index is -3.82. The Morgan fingerprint density at radius 1 is 1.13 bits per heavy atom. The van der Waals surface area contributed by atoms with E-state index in [0.29, 0.717) is 18.0 Å². The number of ether oxygens (including phenoxy) is 1. The number of carbonyl (C=O) groups excluding carboxylic acids is 1. The normalized spacial score (nSPS) is 11.1. The topological polar surface area (TPSA) is 124 Å². The first kappa shape index (κ1) is 21.6. The molecule has 0 saturated carbocycles. The highest BCUT2D eigenvalue weighted by Crippen LogP contribution is 2.27. The SMILES string of the molecule is CCOc1ccccc1NC(=O)CSc1ncc(S(=O)(=O)c2ccccc2)c(N)n1. The van der Waals surface area contributed by atoms with Crippen LogP contribution in [0.2, 0.25) is 0 Å². The number of carbonyl (C=O) groups is 1. The number of amides is 1. The molecule has 1 amide bonds. The van der Waals surface area contributed by atoms with Crippen molar-refractivity contribution in [2.45, 2.75) is 21.9 Å². The van der Waals surface area contributed by atoms with Crippen molar-refractivity contribution in [3.05, 3.63) is 60.8 Å². The Hall–Kier alpha value is -3.11. The monoisotopic (exact) mass is 444 g/mol. The predicted octanol–water partition coefficient (Wildman–Crippen LogP) is 3.02. The number of nitrogens with two attached hydrogens (primary N) is 1. The second-order valence-electron chi connectivity index (χ2n) is 5.98. The maximum atomic E-state index is 12.7. The van der Waals surface area contributed by atoms with E-state index in [-0.39, 0.29) is 32.4 Å². The van der Waals surface area contributed by atoms with E-state index < -0.39 is 9.84 Å². The molecule has 3 N–H and O–H groups in total. The van der Waals surface area contributed by atoms with Gasteiger partial charge in [-0.15, -0.1) is 0 Å². The van der Waals surface area contributed by atoms with E-state index in [2.05, 4.69) is 15.3 Å². The number of nitrogen functional groups attached to an aromatic ring is 1. The van der Waals surface area contributed by atoms with Crippen LogP contribution in [0.3, 0.4) is 0 Å². The average molecular weight is 445 g/mol. The number of nitrogens with one attached hydrogen (secondary N) is 1. The third kappa shape index (κ3) is 5.08.